The summed E-state index contributed by atoms with van der Waals surface area (Å²) in [5, 5.41) is 0.402. The Labute approximate surface area is 175 Å². The molecule has 4 rings (SSSR count). The van der Waals surface area contributed by atoms with Crippen LogP contribution in [0.5, 0.6) is 11.5 Å². The van der Waals surface area contributed by atoms with E-state index in [1.807, 2.05) is 6.07 Å². The summed E-state index contributed by atoms with van der Waals surface area (Å²) in [4.78, 5) is 12.7. The second-order valence-corrected chi connectivity index (χ2v) is 7.78. The topological polar surface area (TPSA) is 35.5 Å². The van der Waals surface area contributed by atoms with E-state index in [1.165, 1.54) is 6.07 Å². The smallest absolute Gasteiger partial charge is 0.194 e. The molecule has 1 aliphatic heterocycles. The third kappa shape index (κ3) is 3.91. The maximum atomic E-state index is 13.7. The molecule has 6 heteroatoms. The number of benzene rings is 3. The fourth-order valence-electron chi connectivity index (χ4n) is 3.11. The van der Waals surface area contributed by atoms with Gasteiger partial charge in [0, 0.05) is 27.6 Å². The highest BCUT2D eigenvalue weighted by atomic mass is 79.9. The van der Waals surface area contributed by atoms with E-state index in [9.17, 15) is 9.18 Å². The molecule has 0 aliphatic carbocycles. The lowest BCUT2D eigenvalue weighted by Gasteiger charge is -2.13. The molecule has 1 atom stereocenters. The van der Waals surface area contributed by atoms with E-state index in [0.717, 1.165) is 10.0 Å². The van der Waals surface area contributed by atoms with E-state index in [0.29, 0.717) is 40.7 Å². The number of hydrogen-bond donors (Lipinski definition) is 0. The lowest BCUT2D eigenvalue weighted by atomic mass is 10.0. The summed E-state index contributed by atoms with van der Waals surface area (Å²) >= 11 is 9.49. The second kappa shape index (κ2) is 7.94. The van der Waals surface area contributed by atoms with Crippen molar-refractivity contribution in [3.05, 3.63) is 92.7 Å². The van der Waals surface area contributed by atoms with Crippen LogP contribution in [0.3, 0.4) is 0 Å². The fourth-order valence-corrected chi connectivity index (χ4v) is 3.68. The molecule has 3 aromatic rings. The minimum Gasteiger partial charge on any atom is -0.490 e. The summed E-state index contributed by atoms with van der Waals surface area (Å²) in [6, 6.07) is 16.9. The predicted octanol–water partition coefficient (Wildman–Crippen LogP) is 5.86. The van der Waals surface area contributed by atoms with Gasteiger partial charge in [-0.05, 0) is 48.5 Å². The Morgan fingerprint density at radius 1 is 1.18 bits per heavy atom. The Balaban J connectivity index is 1.40. The van der Waals surface area contributed by atoms with Gasteiger partial charge in [-0.1, -0.05) is 39.7 Å². The van der Waals surface area contributed by atoms with Crippen LogP contribution >= 0.6 is 27.5 Å². The van der Waals surface area contributed by atoms with Crippen molar-refractivity contribution in [3.63, 3.8) is 0 Å². The highest BCUT2D eigenvalue weighted by molar-refractivity contribution is 9.10. The molecular formula is C22H15BrClFO3. The SMILES string of the molecule is O=C(c1ccc(OCC2Cc3cccc(F)c3O2)cc1)c1cc(Br)ccc1Cl. The van der Waals surface area contributed by atoms with Gasteiger partial charge < -0.3 is 9.47 Å². The first-order valence-electron chi connectivity index (χ1n) is 8.68. The maximum Gasteiger partial charge on any atom is 0.194 e. The fraction of sp³-hybridized carbons (Fsp3) is 0.136. The predicted molar refractivity (Wildman–Crippen MR) is 109 cm³/mol. The highest BCUT2D eigenvalue weighted by Crippen LogP contribution is 2.31. The van der Waals surface area contributed by atoms with Crippen molar-refractivity contribution in [2.24, 2.45) is 0 Å². The Kier molecular flexibility index (Phi) is 5.38. The number of para-hydroxylation sites is 1. The molecule has 0 aromatic heterocycles. The first-order chi connectivity index (χ1) is 13.5. The maximum absolute atomic E-state index is 13.7. The molecule has 142 valence electrons. The van der Waals surface area contributed by atoms with Gasteiger partial charge >= 0.3 is 0 Å². The van der Waals surface area contributed by atoms with Crippen molar-refractivity contribution >= 4 is 33.3 Å². The Hall–Kier alpha value is -2.37. The van der Waals surface area contributed by atoms with Crippen LogP contribution in [0.4, 0.5) is 4.39 Å². The number of rotatable bonds is 5. The van der Waals surface area contributed by atoms with Crippen LogP contribution in [0.1, 0.15) is 21.5 Å². The monoisotopic (exact) mass is 460 g/mol. The minimum atomic E-state index is -0.353. The van der Waals surface area contributed by atoms with Crippen LogP contribution < -0.4 is 9.47 Å². The zero-order chi connectivity index (χ0) is 19.7. The zero-order valence-corrected chi connectivity index (χ0v) is 17.0. The molecular weight excluding hydrogens is 447 g/mol. The third-order valence-electron chi connectivity index (χ3n) is 4.51. The van der Waals surface area contributed by atoms with Gasteiger partial charge in [0.2, 0.25) is 0 Å². The molecule has 3 aromatic carbocycles. The zero-order valence-electron chi connectivity index (χ0n) is 14.6. The molecule has 28 heavy (non-hydrogen) atoms. The summed E-state index contributed by atoms with van der Waals surface area (Å²) in [5.41, 5.74) is 1.79. The van der Waals surface area contributed by atoms with Gasteiger partial charge in [-0.25, -0.2) is 4.39 Å². The number of carbonyl (C=O) groups is 1. The quantitative estimate of drug-likeness (QED) is 0.447. The van der Waals surface area contributed by atoms with E-state index in [-0.39, 0.29) is 17.7 Å². The summed E-state index contributed by atoms with van der Waals surface area (Å²) in [7, 11) is 0. The molecule has 1 aliphatic rings. The first-order valence-corrected chi connectivity index (χ1v) is 9.85. The van der Waals surface area contributed by atoms with Crippen molar-refractivity contribution < 1.29 is 18.7 Å². The van der Waals surface area contributed by atoms with Crippen LogP contribution in [0.2, 0.25) is 5.02 Å². The van der Waals surface area contributed by atoms with Crippen LogP contribution in [0.25, 0.3) is 0 Å². The molecule has 1 heterocycles. The largest absolute Gasteiger partial charge is 0.490 e. The second-order valence-electron chi connectivity index (χ2n) is 6.46. The van der Waals surface area contributed by atoms with E-state index in [1.54, 1.807) is 48.5 Å². The summed E-state index contributed by atoms with van der Waals surface area (Å²) < 4.78 is 25.9. The van der Waals surface area contributed by atoms with Crippen molar-refractivity contribution in [1.82, 2.24) is 0 Å². The van der Waals surface area contributed by atoms with E-state index < -0.39 is 0 Å². The molecule has 0 saturated heterocycles. The molecule has 0 amide bonds. The van der Waals surface area contributed by atoms with Gasteiger partial charge in [-0.3, -0.25) is 4.79 Å². The van der Waals surface area contributed by atoms with Crippen LogP contribution in [-0.4, -0.2) is 18.5 Å². The first kappa shape index (κ1) is 19.0. The van der Waals surface area contributed by atoms with Crippen LogP contribution in [0, 0.1) is 5.82 Å². The molecule has 3 nitrogen and oxygen atoms in total. The van der Waals surface area contributed by atoms with E-state index in [2.05, 4.69) is 15.9 Å². The molecule has 1 unspecified atom stereocenters. The number of ether oxygens (including phenoxy) is 2. The van der Waals surface area contributed by atoms with Gasteiger partial charge in [0.25, 0.3) is 0 Å². The van der Waals surface area contributed by atoms with Crippen molar-refractivity contribution in [3.8, 4) is 11.5 Å². The van der Waals surface area contributed by atoms with Gasteiger partial charge in [0.1, 0.15) is 18.5 Å². The highest BCUT2D eigenvalue weighted by Gasteiger charge is 2.26. The lowest BCUT2D eigenvalue weighted by molar-refractivity contribution is 0.103. The molecule has 0 radical (unpaired) electrons. The lowest BCUT2D eigenvalue weighted by Crippen LogP contribution is -2.22. The molecule has 0 spiro atoms. The number of halogens is 3. The normalized spacial score (nSPS) is 15.0. The van der Waals surface area contributed by atoms with E-state index in [4.69, 9.17) is 21.1 Å². The average molecular weight is 462 g/mol. The van der Waals surface area contributed by atoms with E-state index >= 15 is 0 Å². The summed E-state index contributed by atoms with van der Waals surface area (Å²) in [5.74, 6) is 0.400. The number of fused-ring (bicyclic) bond motifs is 1. The number of carbonyl (C=O) groups excluding carboxylic acids is 1. The van der Waals surface area contributed by atoms with Gasteiger partial charge in [-0.2, -0.15) is 0 Å². The Morgan fingerprint density at radius 3 is 2.71 bits per heavy atom. The number of hydrogen-bond acceptors (Lipinski definition) is 3. The molecule has 0 fully saturated rings. The van der Waals surface area contributed by atoms with Gasteiger partial charge in [0.15, 0.2) is 17.3 Å². The minimum absolute atomic E-state index is 0.164. The Bertz CT molecular complexity index is 1040. The van der Waals surface area contributed by atoms with Crippen molar-refractivity contribution in [1.29, 1.82) is 0 Å². The summed E-state index contributed by atoms with van der Waals surface area (Å²) in [6.07, 6.45) is 0.360. The van der Waals surface area contributed by atoms with Crippen LogP contribution in [0.15, 0.2) is 65.1 Å². The third-order valence-corrected chi connectivity index (χ3v) is 5.33. The average Bonchev–Trinajstić information content (AvgIpc) is 3.13. The van der Waals surface area contributed by atoms with Crippen molar-refractivity contribution in [2.45, 2.75) is 12.5 Å². The standard InChI is InChI=1S/C22H15BrClFO3/c23-15-6-9-19(24)18(11-15)21(26)13-4-7-16(8-5-13)27-12-17-10-14-2-1-3-20(25)22(14)28-17/h1-9,11,17H,10,12H2. The molecule has 0 bridgehead atoms. The van der Waals surface area contributed by atoms with Gasteiger partial charge in [0.05, 0.1) is 5.02 Å². The Morgan fingerprint density at radius 2 is 1.96 bits per heavy atom. The number of ketones is 1. The van der Waals surface area contributed by atoms with Crippen LogP contribution in [-0.2, 0) is 6.42 Å². The molecule has 0 N–H and O–H groups in total. The summed E-state index contributed by atoms with van der Waals surface area (Å²) in [6.45, 7) is 0.291. The molecule has 0 saturated carbocycles. The van der Waals surface area contributed by atoms with Crippen molar-refractivity contribution in [2.75, 3.05) is 6.61 Å². The van der Waals surface area contributed by atoms with Gasteiger partial charge in [-0.15, -0.1) is 0 Å².